The lowest BCUT2D eigenvalue weighted by molar-refractivity contribution is -0.114. The summed E-state index contributed by atoms with van der Waals surface area (Å²) in [7, 11) is 1.60. The molecule has 0 spiro atoms. The van der Waals surface area contributed by atoms with Crippen LogP contribution in [0.3, 0.4) is 0 Å². The second kappa shape index (κ2) is 17.9. The molecule has 0 unspecified atom stereocenters. The van der Waals surface area contributed by atoms with E-state index in [1.165, 1.54) is 6.92 Å². The number of benzene rings is 1. The van der Waals surface area contributed by atoms with Crippen LogP contribution >= 0.6 is 0 Å². The van der Waals surface area contributed by atoms with Crippen molar-refractivity contribution in [2.45, 2.75) is 48.5 Å². The van der Waals surface area contributed by atoms with E-state index >= 15 is 0 Å². The molecule has 3 heteroatoms. The van der Waals surface area contributed by atoms with Gasteiger partial charge in [-0.25, -0.2) is 0 Å². The van der Waals surface area contributed by atoms with Crippen molar-refractivity contribution < 1.29 is 9.53 Å². The van der Waals surface area contributed by atoms with Gasteiger partial charge in [-0.1, -0.05) is 41.5 Å². The van der Waals surface area contributed by atoms with E-state index in [-0.39, 0.29) is 5.91 Å². The molecule has 0 heterocycles. The lowest BCUT2D eigenvalue weighted by Crippen LogP contribution is -2.05. The first-order chi connectivity index (χ1) is 8.72. The third kappa shape index (κ3) is 12.6. The number of anilines is 1. The maximum Gasteiger partial charge on any atom is 0.221 e. The molecule has 0 aliphatic rings. The largest absolute Gasteiger partial charge is 0.497 e. The summed E-state index contributed by atoms with van der Waals surface area (Å²) >= 11 is 0. The smallest absolute Gasteiger partial charge is 0.221 e. The first-order valence-electron chi connectivity index (χ1n) is 6.64. The predicted molar refractivity (Wildman–Crippen MR) is 81.3 cm³/mol. The SMILES string of the molecule is CC.CC.CC.COc1ccc(NC(C)=O)cc1. The van der Waals surface area contributed by atoms with Crippen molar-refractivity contribution >= 4 is 11.6 Å². The third-order valence-electron chi connectivity index (χ3n) is 1.41. The molecule has 0 aliphatic carbocycles. The van der Waals surface area contributed by atoms with Gasteiger partial charge in [0.1, 0.15) is 5.75 Å². The fraction of sp³-hybridized carbons (Fsp3) is 0.533. The molecule has 1 rings (SSSR count). The Morgan fingerprint density at radius 3 is 1.61 bits per heavy atom. The Balaban J connectivity index is -0.000000328. The molecule has 0 aromatic heterocycles. The summed E-state index contributed by atoms with van der Waals surface area (Å²) in [6.07, 6.45) is 0. The number of nitrogens with one attached hydrogen (secondary N) is 1. The average Bonchev–Trinajstić information content (AvgIpc) is 2.46. The molecule has 1 amide bonds. The van der Waals surface area contributed by atoms with E-state index in [0.29, 0.717) is 0 Å². The molecule has 1 aromatic rings. The molecule has 0 saturated carbocycles. The summed E-state index contributed by atoms with van der Waals surface area (Å²) in [5.41, 5.74) is 0.781. The molecule has 0 saturated heterocycles. The Kier molecular flexibility index (Phi) is 21.6. The minimum Gasteiger partial charge on any atom is -0.497 e. The van der Waals surface area contributed by atoms with Gasteiger partial charge in [0.25, 0.3) is 0 Å². The van der Waals surface area contributed by atoms with Crippen molar-refractivity contribution in [2.24, 2.45) is 0 Å². The second-order valence-corrected chi connectivity index (χ2v) is 2.41. The number of ether oxygens (including phenoxy) is 1. The first-order valence-corrected chi connectivity index (χ1v) is 6.64. The van der Waals surface area contributed by atoms with Gasteiger partial charge in [0, 0.05) is 12.6 Å². The van der Waals surface area contributed by atoms with Gasteiger partial charge in [-0.3, -0.25) is 4.79 Å². The average molecular weight is 255 g/mol. The van der Waals surface area contributed by atoms with Gasteiger partial charge < -0.3 is 10.1 Å². The number of hydrogen-bond donors (Lipinski definition) is 1. The molecule has 0 fully saturated rings. The lowest BCUT2D eigenvalue weighted by Gasteiger charge is -2.02. The van der Waals surface area contributed by atoms with Gasteiger partial charge in [-0.2, -0.15) is 0 Å². The van der Waals surface area contributed by atoms with Crippen LogP contribution in [-0.2, 0) is 4.79 Å². The Bertz CT molecular complexity index is 268. The van der Waals surface area contributed by atoms with E-state index < -0.39 is 0 Å². The highest BCUT2D eigenvalue weighted by atomic mass is 16.5. The van der Waals surface area contributed by atoms with Crippen molar-refractivity contribution in [3.63, 3.8) is 0 Å². The zero-order valence-corrected chi connectivity index (χ0v) is 13.1. The van der Waals surface area contributed by atoms with Crippen molar-refractivity contribution in [2.75, 3.05) is 12.4 Å². The molecule has 106 valence electrons. The molecule has 0 bridgehead atoms. The summed E-state index contributed by atoms with van der Waals surface area (Å²) in [4.78, 5) is 10.6. The van der Waals surface area contributed by atoms with E-state index in [1.54, 1.807) is 31.4 Å². The zero-order chi connectivity index (χ0) is 15.0. The highest BCUT2D eigenvalue weighted by molar-refractivity contribution is 5.88. The number of carbonyl (C=O) groups is 1. The molecule has 0 aliphatic heterocycles. The van der Waals surface area contributed by atoms with E-state index in [9.17, 15) is 4.79 Å². The summed E-state index contributed by atoms with van der Waals surface area (Å²) < 4.78 is 4.96. The van der Waals surface area contributed by atoms with Gasteiger partial charge in [0.2, 0.25) is 5.91 Å². The van der Waals surface area contributed by atoms with Crippen LogP contribution in [0, 0.1) is 0 Å². The predicted octanol–water partition coefficient (Wildman–Crippen LogP) is 4.73. The monoisotopic (exact) mass is 255 g/mol. The Morgan fingerprint density at radius 1 is 0.944 bits per heavy atom. The van der Waals surface area contributed by atoms with E-state index in [4.69, 9.17) is 4.74 Å². The number of amides is 1. The van der Waals surface area contributed by atoms with E-state index in [1.807, 2.05) is 41.5 Å². The van der Waals surface area contributed by atoms with Crippen molar-refractivity contribution in [1.82, 2.24) is 0 Å². The molecule has 0 atom stereocenters. The van der Waals surface area contributed by atoms with Crippen molar-refractivity contribution in [3.05, 3.63) is 24.3 Å². The number of methoxy groups -OCH3 is 1. The molecule has 1 N–H and O–H groups in total. The first kappa shape index (κ1) is 21.7. The molecule has 0 radical (unpaired) electrons. The van der Waals surface area contributed by atoms with Crippen molar-refractivity contribution in [1.29, 1.82) is 0 Å². The maximum absolute atomic E-state index is 10.6. The number of hydrogen-bond acceptors (Lipinski definition) is 2. The molecule has 1 aromatic carbocycles. The van der Waals surface area contributed by atoms with Crippen LogP contribution in [0.25, 0.3) is 0 Å². The van der Waals surface area contributed by atoms with Crippen LogP contribution in [0.2, 0.25) is 0 Å². The van der Waals surface area contributed by atoms with Crippen molar-refractivity contribution in [3.8, 4) is 5.75 Å². The van der Waals surface area contributed by atoms with Crippen LogP contribution in [0.15, 0.2) is 24.3 Å². The molecular formula is C15H29NO2. The minimum atomic E-state index is -0.0693. The van der Waals surface area contributed by atoms with Crippen LogP contribution in [0.4, 0.5) is 5.69 Å². The van der Waals surface area contributed by atoms with E-state index in [2.05, 4.69) is 5.32 Å². The summed E-state index contributed by atoms with van der Waals surface area (Å²) in [5.74, 6) is 0.712. The Morgan fingerprint density at radius 2 is 1.33 bits per heavy atom. The van der Waals surface area contributed by atoms with Gasteiger partial charge in [-0.05, 0) is 24.3 Å². The minimum absolute atomic E-state index is 0.0693. The Hall–Kier alpha value is -1.51. The van der Waals surface area contributed by atoms with Gasteiger partial charge in [0.15, 0.2) is 0 Å². The Labute approximate surface area is 113 Å². The number of rotatable bonds is 2. The highest BCUT2D eigenvalue weighted by Gasteiger charge is 1.94. The van der Waals surface area contributed by atoms with Crippen LogP contribution < -0.4 is 10.1 Å². The van der Waals surface area contributed by atoms with Crippen LogP contribution in [0.1, 0.15) is 48.5 Å². The molecule has 3 nitrogen and oxygen atoms in total. The fourth-order valence-corrected chi connectivity index (χ4v) is 0.878. The highest BCUT2D eigenvalue weighted by Crippen LogP contribution is 2.14. The third-order valence-corrected chi connectivity index (χ3v) is 1.41. The van der Waals surface area contributed by atoms with Crippen LogP contribution in [0.5, 0.6) is 5.75 Å². The lowest BCUT2D eigenvalue weighted by atomic mass is 10.3. The van der Waals surface area contributed by atoms with Gasteiger partial charge in [-0.15, -0.1) is 0 Å². The fourth-order valence-electron chi connectivity index (χ4n) is 0.878. The quantitative estimate of drug-likeness (QED) is 0.829. The summed E-state index contributed by atoms with van der Waals surface area (Å²) in [5, 5.41) is 2.66. The molecular weight excluding hydrogens is 226 g/mol. The second-order valence-electron chi connectivity index (χ2n) is 2.41. The maximum atomic E-state index is 10.6. The van der Waals surface area contributed by atoms with Gasteiger partial charge >= 0.3 is 0 Å². The zero-order valence-electron chi connectivity index (χ0n) is 13.1. The standard InChI is InChI=1S/C9H11NO2.3C2H6/c1-7(11)10-8-3-5-9(12-2)6-4-8;3*1-2/h3-6H,1-2H3,(H,10,11);3*1-2H3. The molecule has 18 heavy (non-hydrogen) atoms. The number of carbonyl (C=O) groups excluding carboxylic acids is 1. The van der Waals surface area contributed by atoms with Crippen LogP contribution in [-0.4, -0.2) is 13.0 Å². The summed E-state index contributed by atoms with van der Waals surface area (Å²) in [6, 6.07) is 7.18. The summed E-state index contributed by atoms with van der Waals surface area (Å²) in [6.45, 7) is 13.5. The van der Waals surface area contributed by atoms with Gasteiger partial charge in [0.05, 0.1) is 7.11 Å². The topological polar surface area (TPSA) is 38.3 Å². The normalized spacial score (nSPS) is 7.11. The van der Waals surface area contributed by atoms with E-state index in [0.717, 1.165) is 11.4 Å².